The summed E-state index contributed by atoms with van der Waals surface area (Å²) in [5.41, 5.74) is 6.76. The van der Waals surface area contributed by atoms with Crippen molar-refractivity contribution in [1.29, 1.82) is 0 Å². The summed E-state index contributed by atoms with van der Waals surface area (Å²) in [6.07, 6.45) is 2.72. The van der Waals surface area contributed by atoms with Crippen LogP contribution in [-0.4, -0.2) is 42.4 Å². The molecule has 0 aliphatic carbocycles. The maximum Gasteiger partial charge on any atom is 0.165 e. The topological polar surface area (TPSA) is 110 Å². The van der Waals surface area contributed by atoms with Crippen molar-refractivity contribution in [2.75, 3.05) is 12.3 Å². The first kappa shape index (κ1) is 11.7. The lowest BCUT2D eigenvalue weighted by atomic mass is 10.1. The van der Waals surface area contributed by atoms with Gasteiger partial charge in [0.15, 0.2) is 11.5 Å². The third kappa shape index (κ3) is 2.06. The van der Waals surface area contributed by atoms with Gasteiger partial charge < -0.3 is 20.5 Å². The van der Waals surface area contributed by atoms with E-state index in [4.69, 9.17) is 10.8 Å². The van der Waals surface area contributed by atoms with Gasteiger partial charge in [-0.3, -0.25) is 0 Å². The van der Waals surface area contributed by atoms with Gasteiger partial charge in [-0.05, 0) is 13.3 Å². The van der Waals surface area contributed by atoms with Crippen LogP contribution in [0.4, 0.5) is 5.82 Å². The molecule has 0 saturated carbocycles. The Balaban J connectivity index is 2.50. The summed E-state index contributed by atoms with van der Waals surface area (Å²) < 4.78 is 1.72. The van der Waals surface area contributed by atoms with Crippen LogP contribution in [0.25, 0.3) is 11.2 Å². The lowest BCUT2D eigenvalue weighted by Gasteiger charge is -2.20. The molecule has 0 aromatic carbocycles. The lowest BCUT2D eigenvalue weighted by Crippen LogP contribution is -2.22. The molecule has 0 aliphatic rings. The monoisotopic (exact) mass is 237 g/mol. The largest absolute Gasteiger partial charge is 0.396 e. The van der Waals surface area contributed by atoms with Gasteiger partial charge in [0.1, 0.15) is 11.8 Å². The number of nitrogen functional groups attached to an aromatic ring is 1. The second-order valence-electron chi connectivity index (χ2n) is 3.90. The minimum absolute atomic E-state index is 0.0180. The molecule has 0 radical (unpaired) electrons. The molecular formula is C10H15N5O2. The zero-order valence-corrected chi connectivity index (χ0v) is 9.48. The molecule has 0 saturated heterocycles. The Labute approximate surface area is 97.9 Å². The molecule has 0 aliphatic heterocycles. The zero-order valence-electron chi connectivity index (χ0n) is 9.48. The van der Waals surface area contributed by atoms with Crippen molar-refractivity contribution in [1.82, 2.24) is 19.5 Å². The molecule has 0 amide bonds. The van der Waals surface area contributed by atoms with Crippen molar-refractivity contribution < 1.29 is 10.2 Å². The summed E-state index contributed by atoms with van der Waals surface area (Å²) >= 11 is 0. The molecule has 7 heteroatoms. The van der Waals surface area contributed by atoms with Crippen LogP contribution < -0.4 is 5.73 Å². The molecule has 2 rings (SSSR count). The van der Waals surface area contributed by atoms with Crippen molar-refractivity contribution in [2.45, 2.75) is 25.5 Å². The molecule has 17 heavy (non-hydrogen) atoms. The molecule has 7 nitrogen and oxygen atoms in total. The number of imidazole rings is 1. The molecular weight excluding hydrogens is 222 g/mol. The summed E-state index contributed by atoms with van der Waals surface area (Å²) in [6, 6.07) is -0.278. The third-order valence-corrected chi connectivity index (χ3v) is 2.73. The van der Waals surface area contributed by atoms with E-state index in [0.29, 0.717) is 23.4 Å². The molecule has 92 valence electrons. The van der Waals surface area contributed by atoms with Crippen LogP contribution in [-0.2, 0) is 0 Å². The third-order valence-electron chi connectivity index (χ3n) is 2.73. The Morgan fingerprint density at radius 2 is 2.18 bits per heavy atom. The van der Waals surface area contributed by atoms with Gasteiger partial charge in [0.25, 0.3) is 0 Å². The number of hydrogen-bond donors (Lipinski definition) is 3. The SMILES string of the molecule is CC(O)C(CCO)n1cnc2c(N)ncnc21. The van der Waals surface area contributed by atoms with Gasteiger partial charge in [-0.1, -0.05) is 0 Å². The second-order valence-corrected chi connectivity index (χ2v) is 3.90. The van der Waals surface area contributed by atoms with E-state index in [9.17, 15) is 5.11 Å². The minimum atomic E-state index is -0.615. The molecule has 2 atom stereocenters. The van der Waals surface area contributed by atoms with Crippen LogP contribution in [0.3, 0.4) is 0 Å². The lowest BCUT2D eigenvalue weighted by molar-refractivity contribution is 0.111. The van der Waals surface area contributed by atoms with Crippen molar-refractivity contribution in [3.8, 4) is 0 Å². The van der Waals surface area contributed by atoms with E-state index in [2.05, 4.69) is 15.0 Å². The van der Waals surface area contributed by atoms with E-state index < -0.39 is 6.10 Å². The number of aromatic nitrogens is 4. The highest BCUT2D eigenvalue weighted by atomic mass is 16.3. The average Bonchev–Trinajstić information content (AvgIpc) is 2.70. The predicted octanol–water partition coefficient (Wildman–Crippen LogP) is -0.287. The number of nitrogens with two attached hydrogens (primary N) is 1. The van der Waals surface area contributed by atoms with Crippen LogP contribution in [0, 0.1) is 0 Å². The van der Waals surface area contributed by atoms with Gasteiger partial charge in [-0.2, -0.15) is 0 Å². The summed E-state index contributed by atoms with van der Waals surface area (Å²) in [5.74, 6) is 0.307. The highest BCUT2D eigenvalue weighted by Crippen LogP contribution is 2.22. The second kappa shape index (κ2) is 4.64. The standard InChI is InChI=1S/C10H15N5O2/c1-6(17)7(2-3-16)15-5-14-8-9(11)12-4-13-10(8)15/h4-7,16-17H,2-3H2,1H3,(H2,11,12,13). The fourth-order valence-electron chi connectivity index (χ4n) is 1.86. The smallest absolute Gasteiger partial charge is 0.165 e. The van der Waals surface area contributed by atoms with E-state index in [1.807, 2.05) is 0 Å². The number of anilines is 1. The Bertz CT molecular complexity index is 510. The molecule has 2 unspecified atom stereocenters. The van der Waals surface area contributed by atoms with E-state index in [0.717, 1.165) is 0 Å². The van der Waals surface area contributed by atoms with Crippen LogP contribution in [0.2, 0.25) is 0 Å². The summed E-state index contributed by atoms with van der Waals surface area (Å²) in [5, 5.41) is 18.7. The van der Waals surface area contributed by atoms with Crippen LogP contribution in [0.1, 0.15) is 19.4 Å². The molecule has 2 aromatic heterocycles. The fourth-order valence-corrected chi connectivity index (χ4v) is 1.86. The Kier molecular flexibility index (Phi) is 3.21. The molecule has 0 spiro atoms. The first-order valence-electron chi connectivity index (χ1n) is 5.37. The number of aliphatic hydroxyl groups excluding tert-OH is 2. The Morgan fingerprint density at radius 3 is 2.82 bits per heavy atom. The van der Waals surface area contributed by atoms with E-state index in [1.165, 1.54) is 6.33 Å². The average molecular weight is 237 g/mol. The first-order chi connectivity index (χ1) is 8.15. The number of rotatable bonds is 4. The predicted molar refractivity (Wildman–Crippen MR) is 62.2 cm³/mol. The summed E-state index contributed by atoms with van der Waals surface area (Å²) in [7, 11) is 0. The van der Waals surface area contributed by atoms with Crippen LogP contribution >= 0.6 is 0 Å². The molecule has 0 bridgehead atoms. The van der Waals surface area contributed by atoms with Gasteiger partial charge in [-0.25, -0.2) is 15.0 Å². The number of nitrogens with zero attached hydrogens (tertiary/aromatic N) is 4. The van der Waals surface area contributed by atoms with Gasteiger partial charge in [0.05, 0.1) is 18.5 Å². The summed E-state index contributed by atoms with van der Waals surface area (Å²) in [4.78, 5) is 12.1. The van der Waals surface area contributed by atoms with Crippen LogP contribution in [0.15, 0.2) is 12.7 Å². The van der Waals surface area contributed by atoms with E-state index in [-0.39, 0.29) is 12.6 Å². The Morgan fingerprint density at radius 1 is 1.41 bits per heavy atom. The number of hydrogen-bond acceptors (Lipinski definition) is 6. The van der Waals surface area contributed by atoms with E-state index in [1.54, 1.807) is 17.8 Å². The van der Waals surface area contributed by atoms with Crippen molar-refractivity contribution >= 4 is 17.0 Å². The highest BCUT2D eigenvalue weighted by Gasteiger charge is 2.20. The first-order valence-corrected chi connectivity index (χ1v) is 5.37. The van der Waals surface area contributed by atoms with E-state index >= 15 is 0 Å². The minimum Gasteiger partial charge on any atom is -0.396 e. The maximum atomic E-state index is 9.71. The fraction of sp³-hybridized carbons (Fsp3) is 0.500. The zero-order chi connectivity index (χ0) is 12.4. The molecule has 2 aromatic rings. The Hall–Kier alpha value is -1.73. The molecule has 4 N–H and O–H groups in total. The molecule has 0 fully saturated rings. The number of aliphatic hydroxyl groups is 2. The summed E-state index contributed by atoms with van der Waals surface area (Å²) in [6.45, 7) is 1.65. The maximum absolute atomic E-state index is 9.71. The van der Waals surface area contributed by atoms with Crippen molar-refractivity contribution in [3.05, 3.63) is 12.7 Å². The van der Waals surface area contributed by atoms with Crippen LogP contribution in [0.5, 0.6) is 0 Å². The highest BCUT2D eigenvalue weighted by molar-refractivity contribution is 5.81. The van der Waals surface area contributed by atoms with Crippen molar-refractivity contribution in [2.24, 2.45) is 0 Å². The molecule has 2 heterocycles. The van der Waals surface area contributed by atoms with Gasteiger partial charge >= 0.3 is 0 Å². The number of fused-ring (bicyclic) bond motifs is 1. The van der Waals surface area contributed by atoms with Crippen molar-refractivity contribution in [3.63, 3.8) is 0 Å². The normalized spacial score (nSPS) is 15.0. The van der Waals surface area contributed by atoms with Gasteiger partial charge in [0.2, 0.25) is 0 Å². The van der Waals surface area contributed by atoms with Gasteiger partial charge in [0, 0.05) is 6.61 Å². The van der Waals surface area contributed by atoms with Gasteiger partial charge in [-0.15, -0.1) is 0 Å². The quantitative estimate of drug-likeness (QED) is 0.674.